The van der Waals surface area contributed by atoms with E-state index in [2.05, 4.69) is 11.4 Å². The van der Waals surface area contributed by atoms with Gasteiger partial charge in [-0.25, -0.2) is 0 Å². The topological polar surface area (TPSA) is 71.1 Å². The fourth-order valence-electron chi connectivity index (χ4n) is 1.31. The molecular formula is C11H15N3O. The summed E-state index contributed by atoms with van der Waals surface area (Å²) in [5.74, 6) is 0. The SMILES string of the molecule is COCC(C)Nc1cc(C#N)ccc1N. The lowest BCUT2D eigenvalue weighted by atomic mass is 10.2. The van der Waals surface area contributed by atoms with E-state index < -0.39 is 0 Å². The molecule has 0 saturated heterocycles. The molecule has 1 unspecified atom stereocenters. The summed E-state index contributed by atoms with van der Waals surface area (Å²) < 4.78 is 5.00. The molecule has 1 rings (SSSR count). The maximum absolute atomic E-state index is 8.75. The lowest BCUT2D eigenvalue weighted by Gasteiger charge is -2.15. The average Bonchev–Trinajstić information content (AvgIpc) is 2.21. The van der Waals surface area contributed by atoms with Crippen molar-refractivity contribution >= 4 is 11.4 Å². The van der Waals surface area contributed by atoms with E-state index in [-0.39, 0.29) is 6.04 Å². The summed E-state index contributed by atoms with van der Waals surface area (Å²) in [6.45, 7) is 2.58. The molecule has 0 spiro atoms. The molecule has 3 N–H and O–H groups in total. The van der Waals surface area contributed by atoms with Crippen molar-refractivity contribution in [1.82, 2.24) is 0 Å². The Labute approximate surface area is 89.7 Å². The third-order valence-electron chi connectivity index (χ3n) is 2.00. The van der Waals surface area contributed by atoms with Gasteiger partial charge in [0.15, 0.2) is 0 Å². The zero-order chi connectivity index (χ0) is 11.3. The van der Waals surface area contributed by atoms with Gasteiger partial charge in [0.1, 0.15) is 0 Å². The molecule has 80 valence electrons. The summed E-state index contributed by atoms with van der Waals surface area (Å²) in [4.78, 5) is 0. The summed E-state index contributed by atoms with van der Waals surface area (Å²) in [7, 11) is 1.65. The Morgan fingerprint density at radius 1 is 1.60 bits per heavy atom. The van der Waals surface area contributed by atoms with Crippen molar-refractivity contribution in [2.24, 2.45) is 0 Å². The van der Waals surface area contributed by atoms with Gasteiger partial charge in [0.25, 0.3) is 0 Å². The minimum atomic E-state index is 0.159. The molecule has 0 saturated carbocycles. The predicted molar refractivity (Wildman–Crippen MR) is 60.5 cm³/mol. The van der Waals surface area contributed by atoms with Crippen molar-refractivity contribution < 1.29 is 4.74 Å². The van der Waals surface area contributed by atoms with Crippen molar-refractivity contribution in [3.63, 3.8) is 0 Å². The summed E-state index contributed by atoms with van der Waals surface area (Å²) >= 11 is 0. The molecule has 0 fully saturated rings. The third kappa shape index (κ3) is 3.15. The molecule has 0 heterocycles. The predicted octanol–water partition coefficient (Wildman–Crippen LogP) is 1.59. The lowest BCUT2D eigenvalue weighted by molar-refractivity contribution is 0.190. The molecule has 1 aromatic carbocycles. The number of hydrogen-bond acceptors (Lipinski definition) is 4. The first-order chi connectivity index (χ1) is 7.17. The van der Waals surface area contributed by atoms with Crippen molar-refractivity contribution in [2.75, 3.05) is 24.8 Å². The minimum absolute atomic E-state index is 0.159. The summed E-state index contributed by atoms with van der Waals surface area (Å²) in [6.07, 6.45) is 0. The number of anilines is 2. The largest absolute Gasteiger partial charge is 0.397 e. The maximum atomic E-state index is 8.75. The van der Waals surface area contributed by atoms with E-state index in [9.17, 15) is 0 Å². The molecule has 0 aliphatic carbocycles. The second-order valence-corrected chi connectivity index (χ2v) is 3.41. The van der Waals surface area contributed by atoms with E-state index in [0.717, 1.165) is 5.69 Å². The van der Waals surface area contributed by atoms with Gasteiger partial charge >= 0.3 is 0 Å². The Morgan fingerprint density at radius 2 is 2.33 bits per heavy atom. The van der Waals surface area contributed by atoms with Crippen molar-refractivity contribution in [3.8, 4) is 6.07 Å². The van der Waals surface area contributed by atoms with E-state index in [1.165, 1.54) is 0 Å². The van der Waals surface area contributed by atoms with Gasteiger partial charge in [0, 0.05) is 13.2 Å². The van der Waals surface area contributed by atoms with E-state index in [1.807, 2.05) is 6.92 Å². The molecule has 15 heavy (non-hydrogen) atoms. The van der Waals surface area contributed by atoms with E-state index in [1.54, 1.807) is 25.3 Å². The van der Waals surface area contributed by atoms with Gasteiger partial charge in [-0.15, -0.1) is 0 Å². The number of methoxy groups -OCH3 is 1. The molecule has 0 aliphatic heterocycles. The van der Waals surface area contributed by atoms with Gasteiger partial charge in [-0.05, 0) is 25.1 Å². The first-order valence-electron chi connectivity index (χ1n) is 4.72. The molecule has 1 atom stereocenters. The quantitative estimate of drug-likeness (QED) is 0.732. The number of benzene rings is 1. The highest BCUT2D eigenvalue weighted by molar-refractivity contribution is 5.68. The van der Waals surface area contributed by atoms with Crippen LogP contribution in [0.4, 0.5) is 11.4 Å². The number of hydrogen-bond donors (Lipinski definition) is 2. The van der Waals surface area contributed by atoms with Crippen LogP contribution in [-0.2, 0) is 4.74 Å². The first kappa shape index (κ1) is 11.3. The highest BCUT2D eigenvalue weighted by Crippen LogP contribution is 2.20. The fraction of sp³-hybridized carbons (Fsp3) is 0.364. The second-order valence-electron chi connectivity index (χ2n) is 3.41. The number of nitrogen functional groups attached to an aromatic ring is 1. The lowest BCUT2D eigenvalue weighted by Crippen LogP contribution is -2.21. The van der Waals surface area contributed by atoms with E-state index in [4.69, 9.17) is 15.7 Å². The van der Waals surface area contributed by atoms with E-state index in [0.29, 0.717) is 17.9 Å². The zero-order valence-corrected chi connectivity index (χ0v) is 8.95. The summed E-state index contributed by atoms with van der Waals surface area (Å²) in [5, 5.41) is 11.9. The van der Waals surface area contributed by atoms with Crippen molar-refractivity contribution in [3.05, 3.63) is 23.8 Å². The normalized spacial score (nSPS) is 11.8. The number of nitrogens with one attached hydrogen (secondary N) is 1. The second kappa shape index (κ2) is 5.23. The highest BCUT2D eigenvalue weighted by Gasteiger charge is 2.05. The molecule has 0 aliphatic rings. The number of ether oxygens (including phenoxy) is 1. The molecule has 1 aromatic rings. The Kier molecular flexibility index (Phi) is 3.95. The van der Waals surface area contributed by atoms with E-state index >= 15 is 0 Å². The summed E-state index contributed by atoms with van der Waals surface area (Å²) in [5.41, 5.74) is 7.78. The van der Waals surface area contributed by atoms with Crippen LogP contribution in [0, 0.1) is 11.3 Å². The molecule has 0 amide bonds. The molecule has 4 heteroatoms. The van der Waals surface area contributed by atoms with Gasteiger partial charge in [-0.1, -0.05) is 0 Å². The maximum Gasteiger partial charge on any atom is 0.0992 e. The van der Waals surface area contributed by atoms with Crippen LogP contribution < -0.4 is 11.1 Å². The molecule has 4 nitrogen and oxygen atoms in total. The Bertz CT molecular complexity index is 371. The number of rotatable bonds is 4. The minimum Gasteiger partial charge on any atom is -0.397 e. The van der Waals surface area contributed by atoms with Crippen LogP contribution in [0.5, 0.6) is 0 Å². The van der Waals surface area contributed by atoms with Crippen molar-refractivity contribution in [1.29, 1.82) is 5.26 Å². The van der Waals surface area contributed by atoms with Crippen LogP contribution >= 0.6 is 0 Å². The zero-order valence-electron chi connectivity index (χ0n) is 8.95. The fourth-order valence-corrected chi connectivity index (χ4v) is 1.31. The van der Waals surface area contributed by atoms with Gasteiger partial charge in [0.05, 0.1) is 29.6 Å². The smallest absolute Gasteiger partial charge is 0.0992 e. The van der Waals surface area contributed by atoms with Gasteiger partial charge in [-0.3, -0.25) is 0 Å². The molecule has 0 bridgehead atoms. The molecule has 0 aromatic heterocycles. The van der Waals surface area contributed by atoms with Crippen LogP contribution in [0.1, 0.15) is 12.5 Å². The summed E-state index contributed by atoms with van der Waals surface area (Å²) in [6, 6.07) is 7.39. The Hall–Kier alpha value is -1.73. The van der Waals surface area contributed by atoms with Gasteiger partial charge in [-0.2, -0.15) is 5.26 Å². The Balaban J connectivity index is 2.80. The number of nitriles is 1. The third-order valence-corrected chi connectivity index (χ3v) is 2.00. The standard InChI is InChI=1S/C11H15N3O/c1-8(7-15-2)14-11-5-9(6-12)3-4-10(11)13/h3-5,8,14H,7,13H2,1-2H3. The van der Waals surface area contributed by atoms with Crippen LogP contribution in [0.15, 0.2) is 18.2 Å². The van der Waals surface area contributed by atoms with Crippen LogP contribution in [0.3, 0.4) is 0 Å². The van der Waals surface area contributed by atoms with Gasteiger partial charge < -0.3 is 15.8 Å². The van der Waals surface area contributed by atoms with Crippen LogP contribution in [0.2, 0.25) is 0 Å². The molecule has 0 radical (unpaired) electrons. The molecular weight excluding hydrogens is 190 g/mol. The Morgan fingerprint density at radius 3 is 2.93 bits per heavy atom. The highest BCUT2D eigenvalue weighted by atomic mass is 16.5. The monoisotopic (exact) mass is 205 g/mol. The first-order valence-corrected chi connectivity index (χ1v) is 4.72. The average molecular weight is 205 g/mol. The number of nitrogens with zero attached hydrogens (tertiary/aromatic N) is 1. The van der Waals surface area contributed by atoms with Gasteiger partial charge in [0.2, 0.25) is 0 Å². The van der Waals surface area contributed by atoms with Crippen molar-refractivity contribution in [2.45, 2.75) is 13.0 Å². The number of nitrogens with two attached hydrogens (primary N) is 1. The van der Waals surface area contributed by atoms with Crippen LogP contribution in [0.25, 0.3) is 0 Å². The van der Waals surface area contributed by atoms with Crippen LogP contribution in [-0.4, -0.2) is 19.8 Å².